The number of aromatic carboxylic acids is 1. The summed E-state index contributed by atoms with van der Waals surface area (Å²) in [5, 5.41) is 20.3. The van der Waals surface area contributed by atoms with E-state index in [4.69, 9.17) is 5.11 Å². The first-order chi connectivity index (χ1) is 7.99. The molecule has 1 aromatic carbocycles. The number of aliphatic hydroxyl groups excluding tert-OH is 1. The normalized spacial score (nSPS) is 12.5. The molecule has 0 aliphatic carbocycles. The van der Waals surface area contributed by atoms with Gasteiger partial charge in [0.2, 0.25) is 0 Å². The van der Waals surface area contributed by atoms with Crippen LogP contribution in [0.1, 0.15) is 17.4 Å². The van der Waals surface area contributed by atoms with Crippen molar-refractivity contribution in [3.05, 3.63) is 40.4 Å². The number of carboxylic acids is 1. The zero-order valence-corrected chi connectivity index (χ0v) is 9.27. The first-order valence-electron chi connectivity index (χ1n) is 5.02. The average Bonchev–Trinajstić information content (AvgIpc) is 2.28. The van der Waals surface area contributed by atoms with E-state index in [0.717, 1.165) is 5.39 Å². The van der Waals surface area contributed by atoms with Crippen molar-refractivity contribution in [3.63, 3.8) is 0 Å². The van der Waals surface area contributed by atoms with E-state index in [1.807, 2.05) is 0 Å². The maximum absolute atomic E-state index is 10.8. The zero-order valence-electron chi connectivity index (χ0n) is 9.27. The molecular formula is C13H11NO3. The van der Waals surface area contributed by atoms with Crippen LogP contribution < -0.4 is 10.4 Å². The molecule has 0 amide bonds. The van der Waals surface area contributed by atoms with Gasteiger partial charge in [-0.3, -0.25) is 0 Å². The highest BCUT2D eigenvalue weighted by atomic mass is 16.4. The Kier molecular flexibility index (Phi) is 2.55. The Morgan fingerprint density at radius 1 is 1.29 bits per heavy atom. The fourth-order valence-corrected chi connectivity index (χ4v) is 1.63. The van der Waals surface area contributed by atoms with Crippen LogP contribution in [0.4, 0.5) is 0 Å². The Balaban J connectivity index is 2.87. The highest BCUT2D eigenvalue weighted by molar-refractivity contribution is 5.90. The third-order valence-electron chi connectivity index (χ3n) is 2.53. The molecule has 2 rings (SSSR count). The predicted octanol–water partition coefficient (Wildman–Crippen LogP) is 1.03. The second kappa shape index (κ2) is 3.90. The summed E-state index contributed by atoms with van der Waals surface area (Å²) in [5.41, 5.74) is 0.528. The van der Waals surface area contributed by atoms with Crippen LogP contribution in [0.2, 0.25) is 0 Å². The van der Waals surface area contributed by atoms with E-state index in [1.165, 1.54) is 6.07 Å². The van der Waals surface area contributed by atoms with Crippen molar-refractivity contribution in [1.82, 2.24) is 4.98 Å². The number of rotatable bonds is 1. The van der Waals surface area contributed by atoms with Crippen LogP contribution in [0.5, 0.6) is 0 Å². The van der Waals surface area contributed by atoms with E-state index in [2.05, 4.69) is 11.6 Å². The molecule has 0 atom stereocenters. The second-order valence-electron chi connectivity index (χ2n) is 3.79. The molecule has 0 unspecified atom stereocenters. The molecule has 0 spiro atoms. The number of hydrogen-bond donors (Lipinski definition) is 2. The van der Waals surface area contributed by atoms with E-state index in [9.17, 15) is 9.90 Å². The standard InChI is InChI=1S/C13H11NO3/c1-7-5-12(13(16)17)14-11-4-3-9(8(2)15)6-10(7)11/h3-6,15H,1H2,2H3,(H,16,17). The van der Waals surface area contributed by atoms with Crippen molar-refractivity contribution in [2.45, 2.75) is 6.92 Å². The Morgan fingerprint density at radius 2 is 2.00 bits per heavy atom. The quantitative estimate of drug-likeness (QED) is 0.766. The Bertz CT molecular complexity index is 715. The minimum atomic E-state index is -1.08. The average molecular weight is 229 g/mol. The van der Waals surface area contributed by atoms with Crippen molar-refractivity contribution in [2.24, 2.45) is 0 Å². The number of aliphatic hydroxyl groups is 1. The van der Waals surface area contributed by atoms with Gasteiger partial charge in [-0.15, -0.1) is 0 Å². The Labute approximate surface area is 97.2 Å². The maximum Gasteiger partial charge on any atom is 0.354 e. The van der Waals surface area contributed by atoms with E-state index < -0.39 is 5.97 Å². The highest BCUT2D eigenvalue weighted by Gasteiger charge is 2.06. The Hall–Kier alpha value is -2.36. The topological polar surface area (TPSA) is 70.4 Å². The lowest BCUT2D eigenvalue weighted by molar-refractivity contribution is 0.0691. The van der Waals surface area contributed by atoms with Gasteiger partial charge in [0.25, 0.3) is 0 Å². The molecule has 1 heterocycles. The SMILES string of the molecule is C=c1cc(C(=O)O)nc2ccc(=C(C)O)cc12. The third-order valence-corrected chi connectivity index (χ3v) is 2.53. The number of carbonyl (C=O) groups is 1. The van der Waals surface area contributed by atoms with Gasteiger partial charge >= 0.3 is 5.97 Å². The van der Waals surface area contributed by atoms with E-state index in [-0.39, 0.29) is 11.5 Å². The number of hydrogen-bond acceptors (Lipinski definition) is 3. The van der Waals surface area contributed by atoms with Crippen molar-refractivity contribution in [2.75, 3.05) is 0 Å². The van der Waals surface area contributed by atoms with Crippen LogP contribution in [-0.4, -0.2) is 21.2 Å². The monoisotopic (exact) mass is 229 g/mol. The maximum atomic E-state index is 10.8. The molecule has 0 aliphatic heterocycles. The number of nitrogens with zero attached hydrogens (tertiary/aromatic N) is 1. The van der Waals surface area contributed by atoms with Crippen molar-refractivity contribution in [1.29, 1.82) is 0 Å². The smallest absolute Gasteiger partial charge is 0.354 e. The summed E-state index contributed by atoms with van der Waals surface area (Å²) in [5.74, 6) is -0.876. The molecule has 2 aromatic rings. The van der Waals surface area contributed by atoms with Crippen LogP contribution in [0, 0.1) is 0 Å². The summed E-state index contributed by atoms with van der Waals surface area (Å²) >= 11 is 0. The fourth-order valence-electron chi connectivity index (χ4n) is 1.63. The van der Waals surface area contributed by atoms with Gasteiger partial charge in [-0.2, -0.15) is 0 Å². The number of carboxylic acid groups (broad SMARTS) is 1. The molecule has 1 aromatic heterocycles. The van der Waals surface area contributed by atoms with E-state index in [1.54, 1.807) is 25.1 Å². The zero-order chi connectivity index (χ0) is 12.6. The molecule has 0 fully saturated rings. The molecule has 0 aliphatic rings. The van der Waals surface area contributed by atoms with Crippen LogP contribution >= 0.6 is 0 Å². The van der Waals surface area contributed by atoms with Gasteiger partial charge in [0, 0.05) is 10.6 Å². The van der Waals surface area contributed by atoms with Crippen LogP contribution in [0.25, 0.3) is 23.2 Å². The fraction of sp³-hybridized carbons (Fsp3) is 0.0769. The number of fused-ring (bicyclic) bond motifs is 1. The number of aromatic nitrogens is 1. The van der Waals surface area contributed by atoms with Gasteiger partial charge in [-0.25, -0.2) is 9.78 Å². The van der Waals surface area contributed by atoms with Crippen molar-refractivity contribution >= 4 is 29.2 Å². The van der Waals surface area contributed by atoms with Crippen molar-refractivity contribution < 1.29 is 15.0 Å². The summed E-state index contributed by atoms with van der Waals surface area (Å²) in [6, 6.07) is 6.52. The molecule has 0 saturated heterocycles. The second-order valence-corrected chi connectivity index (χ2v) is 3.79. The first-order valence-corrected chi connectivity index (χ1v) is 5.02. The summed E-state index contributed by atoms with van der Waals surface area (Å²) in [6.07, 6.45) is 0. The van der Waals surface area contributed by atoms with Gasteiger partial charge in [0.1, 0.15) is 5.69 Å². The molecule has 0 radical (unpaired) electrons. The van der Waals surface area contributed by atoms with Gasteiger partial charge in [-0.05, 0) is 36.4 Å². The van der Waals surface area contributed by atoms with Gasteiger partial charge in [-0.1, -0.05) is 6.58 Å². The molecule has 0 bridgehead atoms. The van der Waals surface area contributed by atoms with Crippen LogP contribution in [-0.2, 0) is 0 Å². The van der Waals surface area contributed by atoms with E-state index >= 15 is 0 Å². The molecule has 4 nitrogen and oxygen atoms in total. The highest BCUT2D eigenvalue weighted by Crippen LogP contribution is 2.05. The lowest BCUT2D eigenvalue weighted by Gasteiger charge is -2.01. The third kappa shape index (κ3) is 1.97. The van der Waals surface area contributed by atoms with Crippen LogP contribution in [0.15, 0.2) is 24.3 Å². The van der Waals surface area contributed by atoms with Gasteiger partial charge < -0.3 is 10.2 Å². The molecule has 86 valence electrons. The largest absolute Gasteiger partial charge is 0.512 e. The van der Waals surface area contributed by atoms with Crippen LogP contribution in [0.3, 0.4) is 0 Å². The Morgan fingerprint density at radius 3 is 2.59 bits per heavy atom. The summed E-state index contributed by atoms with van der Waals surface area (Å²) < 4.78 is 0. The molecule has 2 N–H and O–H groups in total. The number of pyridine rings is 1. The number of benzene rings is 1. The minimum absolute atomic E-state index is 0.0278. The molecular weight excluding hydrogens is 218 g/mol. The first kappa shape index (κ1) is 11.1. The predicted molar refractivity (Wildman–Crippen MR) is 65.2 cm³/mol. The summed E-state index contributed by atoms with van der Waals surface area (Å²) in [6.45, 7) is 5.38. The van der Waals surface area contributed by atoms with Gasteiger partial charge in [0.15, 0.2) is 0 Å². The van der Waals surface area contributed by atoms with E-state index in [0.29, 0.717) is 16.0 Å². The molecule has 0 saturated carbocycles. The molecule has 17 heavy (non-hydrogen) atoms. The van der Waals surface area contributed by atoms with Crippen molar-refractivity contribution in [3.8, 4) is 0 Å². The lowest BCUT2D eigenvalue weighted by atomic mass is 10.1. The lowest BCUT2D eigenvalue weighted by Crippen LogP contribution is -2.12. The summed E-state index contributed by atoms with van der Waals surface area (Å²) in [4.78, 5) is 14.8. The van der Waals surface area contributed by atoms with Gasteiger partial charge in [0.05, 0.1) is 11.3 Å². The molecule has 4 heteroatoms. The minimum Gasteiger partial charge on any atom is -0.512 e. The summed E-state index contributed by atoms with van der Waals surface area (Å²) in [7, 11) is 0.